The van der Waals surface area contributed by atoms with Gasteiger partial charge in [-0.15, -0.1) is 0 Å². The van der Waals surface area contributed by atoms with Gasteiger partial charge in [-0.1, -0.05) is 30.3 Å². The van der Waals surface area contributed by atoms with Gasteiger partial charge in [0, 0.05) is 57.0 Å². The number of guanidine groups is 1. The average molecular weight is 417 g/mol. The zero-order valence-electron chi connectivity index (χ0n) is 19.0. The van der Waals surface area contributed by atoms with Crippen LogP contribution in [0.4, 0.5) is 0 Å². The van der Waals surface area contributed by atoms with Crippen LogP contribution >= 0.6 is 0 Å². The largest absolute Gasteiger partial charge is 0.381 e. The van der Waals surface area contributed by atoms with Crippen molar-refractivity contribution in [3.8, 4) is 0 Å². The Labute approximate surface area is 182 Å². The number of hydrogen-bond donors (Lipinski definition) is 2. The van der Waals surface area contributed by atoms with E-state index in [1.165, 1.54) is 12.0 Å². The van der Waals surface area contributed by atoms with E-state index in [2.05, 4.69) is 66.6 Å². The van der Waals surface area contributed by atoms with Crippen LogP contribution in [0.5, 0.6) is 0 Å². The van der Waals surface area contributed by atoms with Gasteiger partial charge < -0.3 is 25.0 Å². The summed E-state index contributed by atoms with van der Waals surface area (Å²) in [4.78, 5) is 7.53. The normalized spacial score (nSPS) is 22.8. The maximum atomic E-state index is 5.69. The van der Waals surface area contributed by atoms with Crippen molar-refractivity contribution in [2.24, 2.45) is 10.9 Å². The Morgan fingerprint density at radius 2 is 2.03 bits per heavy atom. The molecule has 2 saturated heterocycles. The standard InChI is InChI=1S/C24H40N4O2/c1-4-25-23(28-14-11-21(17-28)18-29-5-2)26-19-24(12-15-30-16-13-24)27-20(3)22-9-7-6-8-10-22/h6-10,20-21,27H,4-5,11-19H2,1-3H3,(H,25,26). The lowest BCUT2D eigenvalue weighted by Gasteiger charge is -2.40. The molecule has 3 rings (SSSR count). The lowest BCUT2D eigenvalue weighted by Crippen LogP contribution is -2.53. The first-order valence-corrected chi connectivity index (χ1v) is 11.7. The van der Waals surface area contributed by atoms with Crippen LogP contribution in [0, 0.1) is 5.92 Å². The van der Waals surface area contributed by atoms with Crippen molar-refractivity contribution in [2.45, 2.75) is 51.6 Å². The summed E-state index contributed by atoms with van der Waals surface area (Å²) in [7, 11) is 0. The van der Waals surface area contributed by atoms with Crippen molar-refractivity contribution in [1.82, 2.24) is 15.5 Å². The number of benzene rings is 1. The summed E-state index contributed by atoms with van der Waals surface area (Å²) in [5, 5.41) is 7.44. The summed E-state index contributed by atoms with van der Waals surface area (Å²) in [5.41, 5.74) is 1.29. The molecule has 0 aliphatic carbocycles. The first kappa shape index (κ1) is 23.0. The first-order valence-electron chi connectivity index (χ1n) is 11.7. The Morgan fingerprint density at radius 3 is 2.73 bits per heavy atom. The van der Waals surface area contributed by atoms with E-state index in [0.29, 0.717) is 5.92 Å². The maximum Gasteiger partial charge on any atom is 0.193 e. The molecule has 30 heavy (non-hydrogen) atoms. The molecule has 6 nitrogen and oxygen atoms in total. The Balaban J connectivity index is 1.68. The molecule has 168 valence electrons. The van der Waals surface area contributed by atoms with E-state index in [-0.39, 0.29) is 11.6 Å². The van der Waals surface area contributed by atoms with Gasteiger partial charge in [-0.2, -0.15) is 0 Å². The van der Waals surface area contributed by atoms with Crippen LogP contribution in [-0.4, -0.2) is 69.0 Å². The number of nitrogens with one attached hydrogen (secondary N) is 2. The smallest absolute Gasteiger partial charge is 0.193 e. The Bertz CT molecular complexity index is 646. The Hall–Kier alpha value is -1.63. The van der Waals surface area contributed by atoms with Crippen LogP contribution in [0.2, 0.25) is 0 Å². The van der Waals surface area contributed by atoms with E-state index in [9.17, 15) is 0 Å². The van der Waals surface area contributed by atoms with Gasteiger partial charge in [0.1, 0.15) is 0 Å². The molecule has 0 spiro atoms. The van der Waals surface area contributed by atoms with E-state index in [4.69, 9.17) is 14.5 Å². The summed E-state index contributed by atoms with van der Waals surface area (Å²) < 4.78 is 11.3. The Kier molecular flexibility index (Phi) is 8.97. The highest BCUT2D eigenvalue weighted by molar-refractivity contribution is 5.80. The molecule has 0 radical (unpaired) electrons. The number of nitrogens with zero attached hydrogens (tertiary/aromatic N) is 2. The minimum Gasteiger partial charge on any atom is -0.381 e. The summed E-state index contributed by atoms with van der Waals surface area (Å²) >= 11 is 0. The molecule has 0 aromatic heterocycles. The second-order valence-electron chi connectivity index (χ2n) is 8.60. The fourth-order valence-corrected chi connectivity index (χ4v) is 4.49. The number of hydrogen-bond acceptors (Lipinski definition) is 4. The van der Waals surface area contributed by atoms with Crippen molar-refractivity contribution in [2.75, 3.05) is 52.6 Å². The highest BCUT2D eigenvalue weighted by Crippen LogP contribution is 2.26. The molecule has 1 aromatic rings. The molecular formula is C24H40N4O2. The predicted molar refractivity (Wildman–Crippen MR) is 123 cm³/mol. The number of likely N-dealkylation sites (tertiary alicyclic amines) is 1. The van der Waals surface area contributed by atoms with Crippen molar-refractivity contribution in [1.29, 1.82) is 0 Å². The summed E-state index contributed by atoms with van der Waals surface area (Å²) in [6, 6.07) is 11.0. The molecule has 2 heterocycles. The second-order valence-corrected chi connectivity index (χ2v) is 8.60. The number of aliphatic imine (C=N–C) groups is 1. The van der Waals surface area contributed by atoms with Gasteiger partial charge in [0.05, 0.1) is 13.2 Å². The van der Waals surface area contributed by atoms with Crippen molar-refractivity contribution < 1.29 is 9.47 Å². The minimum absolute atomic E-state index is 0.0291. The molecule has 0 bridgehead atoms. The molecule has 2 aliphatic heterocycles. The van der Waals surface area contributed by atoms with E-state index >= 15 is 0 Å². The van der Waals surface area contributed by atoms with Crippen LogP contribution in [0.15, 0.2) is 35.3 Å². The third-order valence-electron chi connectivity index (χ3n) is 6.28. The highest BCUT2D eigenvalue weighted by Gasteiger charge is 2.34. The molecule has 1 aromatic carbocycles. The molecule has 2 atom stereocenters. The fraction of sp³-hybridized carbons (Fsp3) is 0.708. The molecule has 6 heteroatoms. The number of ether oxygens (including phenoxy) is 2. The number of rotatable bonds is 9. The monoisotopic (exact) mass is 416 g/mol. The van der Waals surface area contributed by atoms with Gasteiger partial charge >= 0.3 is 0 Å². The van der Waals surface area contributed by atoms with Gasteiger partial charge in [-0.05, 0) is 45.6 Å². The maximum absolute atomic E-state index is 5.69. The van der Waals surface area contributed by atoms with Crippen LogP contribution in [-0.2, 0) is 9.47 Å². The van der Waals surface area contributed by atoms with E-state index in [1.54, 1.807) is 0 Å². The topological polar surface area (TPSA) is 58.1 Å². The summed E-state index contributed by atoms with van der Waals surface area (Å²) in [6.45, 7) is 13.4. The summed E-state index contributed by atoms with van der Waals surface area (Å²) in [6.07, 6.45) is 3.15. The molecule has 2 aliphatic rings. The van der Waals surface area contributed by atoms with E-state index < -0.39 is 0 Å². The molecular weight excluding hydrogens is 376 g/mol. The third-order valence-corrected chi connectivity index (χ3v) is 6.28. The first-order chi connectivity index (χ1) is 14.7. The van der Waals surface area contributed by atoms with Gasteiger partial charge in [0.2, 0.25) is 0 Å². The lowest BCUT2D eigenvalue weighted by atomic mass is 9.88. The predicted octanol–water partition coefficient (Wildman–Crippen LogP) is 3.21. The van der Waals surface area contributed by atoms with Gasteiger partial charge in [-0.25, -0.2) is 0 Å². The second kappa shape index (κ2) is 11.7. The Morgan fingerprint density at radius 1 is 1.27 bits per heavy atom. The quantitative estimate of drug-likeness (QED) is 0.478. The van der Waals surface area contributed by atoms with Crippen LogP contribution in [0.25, 0.3) is 0 Å². The van der Waals surface area contributed by atoms with Crippen molar-refractivity contribution >= 4 is 5.96 Å². The van der Waals surface area contributed by atoms with Crippen LogP contribution < -0.4 is 10.6 Å². The fourth-order valence-electron chi connectivity index (χ4n) is 4.49. The van der Waals surface area contributed by atoms with Crippen molar-refractivity contribution in [3.05, 3.63) is 35.9 Å². The zero-order chi connectivity index (χ0) is 21.2. The van der Waals surface area contributed by atoms with Crippen LogP contribution in [0.3, 0.4) is 0 Å². The van der Waals surface area contributed by atoms with Gasteiger partial charge in [-0.3, -0.25) is 4.99 Å². The SMILES string of the molecule is CCNC(=NCC1(NC(C)c2ccccc2)CCOCC1)N1CCC(COCC)C1. The molecule has 2 N–H and O–H groups in total. The van der Waals surface area contributed by atoms with Crippen LogP contribution in [0.1, 0.15) is 51.6 Å². The van der Waals surface area contributed by atoms with E-state index in [0.717, 1.165) is 71.4 Å². The highest BCUT2D eigenvalue weighted by atomic mass is 16.5. The lowest BCUT2D eigenvalue weighted by molar-refractivity contribution is 0.0373. The molecule has 2 fully saturated rings. The molecule has 0 saturated carbocycles. The van der Waals surface area contributed by atoms with Gasteiger partial charge in [0.25, 0.3) is 0 Å². The van der Waals surface area contributed by atoms with Crippen molar-refractivity contribution in [3.63, 3.8) is 0 Å². The summed E-state index contributed by atoms with van der Waals surface area (Å²) in [5.74, 6) is 1.64. The zero-order valence-corrected chi connectivity index (χ0v) is 19.0. The van der Waals surface area contributed by atoms with E-state index in [1.807, 2.05) is 0 Å². The third kappa shape index (κ3) is 6.43. The average Bonchev–Trinajstić information content (AvgIpc) is 3.25. The van der Waals surface area contributed by atoms with Gasteiger partial charge in [0.15, 0.2) is 5.96 Å². The minimum atomic E-state index is -0.0291. The molecule has 2 unspecified atom stereocenters. The molecule has 0 amide bonds.